The first kappa shape index (κ1) is 14.0. The molecule has 102 valence electrons. The van der Waals surface area contributed by atoms with Gasteiger partial charge >= 0.3 is 0 Å². The number of aliphatic hydroxyl groups excluding tert-OH is 1. The van der Waals surface area contributed by atoms with Gasteiger partial charge in [-0.1, -0.05) is 13.8 Å². The number of aromatic nitrogens is 1. The van der Waals surface area contributed by atoms with Crippen LogP contribution in [0.3, 0.4) is 0 Å². The molecule has 0 spiro atoms. The Balaban J connectivity index is 1.92. The van der Waals surface area contributed by atoms with Gasteiger partial charge in [-0.05, 0) is 32.2 Å². The minimum atomic E-state index is 0.0838. The highest BCUT2D eigenvalue weighted by Crippen LogP contribution is 2.29. The summed E-state index contributed by atoms with van der Waals surface area (Å²) in [4.78, 5) is 7.12. The highest BCUT2D eigenvalue weighted by molar-refractivity contribution is 7.09. The van der Waals surface area contributed by atoms with E-state index in [4.69, 9.17) is 0 Å². The fourth-order valence-electron chi connectivity index (χ4n) is 2.67. The molecule has 0 bridgehead atoms. The van der Waals surface area contributed by atoms with E-state index >= 15 is 0 Å². The lowest BCUT2D eigenvalue weighted by molar-refractivity contribution is 0.0424. The molecule has 1 aromatic rings. The summed E-state index contributed by atoms with van der Waals surface area (Å²) in [6, 6.07) is 0. The predicted molar refractivity (Wildman–Crippen MR) is 75.8 cm³/mol. The molecule has 1 atom stereocenters. The minimum Gasteiger partial charge on any atom is -0.396 e. The van der Waals surface area contributed by atoms with Crippen LogP contribution in [0.15, 0.2) is 5.38 Å². The van der Waals surface area contributed by atoms with Crippen molar-refractivity contribution >= 4 is 11.3 Å². The monoisotopic (exact) mass is 268 g/mol. The molecule has 1 saturated heterocycles. The molecule has 1 N–H and O–H groups in total. The number of nitrogens with zero attached hydrogens (tertiary/aromatic N) is 2. The maximum Gasteiger partial charge on any atom is 0.0928 e. The van der Waals surface area contributed by atoms with Crippen LogP contribution in [-0.4, -0.2) is 34.7 Å². The number of thiazole rings is 1. The third kappa shape index (κ3) is 3.53. The normalized spacial score (nSPS) is 25.5. The molecule has 1 unspecified atom stereocenters. The smallest absolute Gasteiger partial charge is 0.0928 e. The van der Waals surface area contributed by atoms with Crippen LogP contribution in [0.1, 0.15) is 43.8 Å². The third-order valence-corrected chi connectivity index (χ3v) is 4.65. The average molecular weight is 268 g/mol. The van der Waals surface area contributed by atoms with E-state index in [0.29, 0.717) is 6.61 Å². The van der Waals surface area contributed by atoms with Crippen LogP contribution in [-0.2, 0) is 13.0 Å². The van der Waals surface area contributed by atoms with Crippen LogP contribution < -0.4 is 0 Å². The molecular formula is C14H24N2OS. The summed E-state index contributed by atoms with van der Waals surface area (Å²) in [5.74, 6) is 0. The number of piperidine rings is 1. The van der Waals surface area contributed by atoms with Gasteiger partial charge in [-0.3, -0.25) is 4.90 Å². The van der Waals surface area contributed by atoms with Gasteiger partial charge < -0.3 is 5.11 Å². The zero-order chi connectivity index (χ0) is 13.0. The average Bonchev–Trinajstić information content (AvgIpc) is 2.77. The Hall–Kier alpha value is -0.450. The maximum absolute atomic E-state index is 9.47. The van der Waals surface area contributed by atoms with Gasteiger partial charge in [-0.15, -0.1) is 11.3 Å². The highest BCUT2D eigenvalue weighted by Gasteiger charge is 2.30. The van der Waals surface area contributed by atoms with E-state index in [-0.39, 0.29) is 5.41 Å². The van der Waals surface area contributed by atoms with E-state index < -0.39 is 0 Å². The van der Waals surface area contributed by atoms with E-state index in [9.17, 15) is 5.11 Å². The van der Waals surface area contributed by atoms with Gasteiger partial charge in [-0.2, -0.15) is 0 Å². The lowest BCUT2D eigenvalue weighted by atomic mass is 9.83. The van der Waals surface area contributed by atoms with Gasteiger partial charge in [-0.25, -0.2) is 4.98 Å². The van der Waals surface area contributed by atoms with Gasteiger partial charge in [0.2, 0.25) is 0 Å². The van der Waals surface area contributed by atoms with Crippen molar-refractivity contribution in [1.29, 1.82) is 0 Å². The number of hydrogen-bond donors (Lipinski definition) is 1. The molecule has 3 nitrogen and oxygen atoms in total. The van der Waals surface area contributed by atoms with E-state index in [2.05, 4.69) is 29.1 Å². The topological polar surface area (TPSA) is 36.4 Å². The minimum absolute atomic E-state index is 0.0838. The van der Waals surface area contributed by atoms with Crippen molar-refractivity contribution in [2.24, 2.45) is 5.41 Å². The second-order valence-electron chi connectivity index (χ2n) is 5.77. The number of likely N-dealkylation sites (tertiary alicyclic amines) is 1. The Kier molecular flexibility index (Phi) is 4.76. The summed E-state index contributed by atoms with van der Waals surface area (Å²) in [7, 11) is 0. The molecule has 2 heterocycles. The van der Waals surface area contributed by atoms with Gasteiger partial charge in [0, 0.05) is 30.5 Å². The van der Waals surface area contributed by atoms with E-state index in [1.807, 2.05) is 0 Å². The molecule has 0 saturated carbocycles. The van der Waals surface area contributed by atoms with Crippen LogP contribution >= 0.6 is 11.3 Å². The molecular weight excluding hydrogens is 244 g/mol. The number of rotatable bonds is 5. The van der Waals surface area contributed by atoms with Crippen LogP contribution in [0.5, 0.6) is 0 Å². The first-order chi connectivity index (χ1) is 8.65. The molecule has 1 aliphatic heterocycles. The van der Waals surface area contributed by atoms with E-state index in [0.717, 1.165) is 32.5 Å². The number of aliphatic hydroxyl groups is 1. The summed E-state index contributed by atoms with van der Waals surface area (Å²) >= 11 is 1.78. The van der Waals surface area contributed by atoms with Gasteiger partial charge in [0.05, 0.1) is 10.7 Å². The summed E-state index contributed by atoms with van der Waals surface area (Å²) in [5, 5.41) is 12.9. The molecule has 0 radical (unpaired) electrons. The first-order valence-corrected chi connectivity index (χ1v) is 7.80. The second-order valence-corrected chi connectivity index (χ2v) is 6.71. The van der Waals surface area contributed by atoms with Crippen LogP contribution in [0, 0.1) is 5.41 Å². The van der Waals surface area contributed by atoms with Crippen molar-refractivity contribution in [3.05, 3.63) is 16.1 Å². The molecule has 4 heteroatoms. The fraction of sp³-hybridized carbons (Fsp3) is 0.786. The molecule has 18 heavy (non-hydrogen) atoms. The summed E-state index contributed by atoms with van der Waals surface area (Å²) in [6.45, 7) is 7.74. The number of aryl methyl sites for hydroxylation is 1. The van der Waals surface area contributed by atoms with Crippen LogP contribution in [0.25, 0.3) is 0 Å². The molecule has 0 amide bonds. The Morgan fingerprint density at radius 2 is 2.39 bits per heavy atom. The zero-order valence-corrected chi connectivity index (χ0v) is 12.3. The molecule has 1 aliphatic rings. The Morgan fingerprint density at radius 1 is 1.56 bits per heavy atom. The highest BCUT2D eigenvalue weighted by atomic mass is 32.1. The first-order valence-electron chi connectivity index (χ1n) is 6.92. The van der Waals surface area contributed by atoms with Crippen molar-refractivity contribution in [3.63, 3.8) is 0 Å². The number of hydrogen-bond acceptors (Lipinski definition) is 4. The fourth-order valence-corrected chi connectivity index (χ4v) is 3.56. The van der Waals surface area contributed by atoms with Crippen molar-refractivity contribution in [2.75, 3.05) is 19.7 Å². The Bertz CT molecular complexity index is 380. The lowest BCUT2D eigenvalue weighted by Crippen LogP contribution is -2.43. The van der Waals surface area contributed by atoms with Gasteiger partial charge in [0.25, 0.3) is 0 Å². The Labute approximate surface area is 114 Å². The molecule has 1 fully saturated rings. The Morgan fingerprint density at radius 3 is 3.11 bits per heavy atom. The standard InChI is InChI=1S/C14H24N2OS/c1-3-5-13-15-12(9-18-13)8-16-7-4-6-14(2,10-16)11-17/h9,17H,3-8,10-11H2,1-2H3. The van der Waals surface area contributed by atoms with Gasteiger partial charge in [0.1, 0.15) is 0 Å². The maximum atomic E-state index is 9.47. The van der Waals surface area contributed by atoms with E-state index in [1.54, 1.807) is 11.3 Å². The summed E-state index contributed by atoms with van der Waals surface area (Å²) in [5.41, 5.74) is 1.28. The molecule has 0 aliphatic carbocycles. The largest absolute Gasteiger partial charge is 0.396 e. The van der Waals surface area contributed by atoms with Crippen molar-refractivity contribution in [3.8, 4) is 0 Å². The summed E-state index contributed by atoms with van der Waals surface area (Å²) < 4.78 is 0. The molecule has 2 rings (SSSR count). The SMILES string of the molecule is CCCc1nc(CN2CCCC(C)(CO)C2)cs1. The summed E-state index contributed by atoms with van der Waals surface area (Å²) in [6.07, 6.45) is 4.58. The second kappa shape index (κ2) is 6.13. The third-order valence-electron chi connectivity index (χ3n) is 3.69. The molecule has 1 aromatic heterocycles. The van der Waals surface area contributed by atoms with Crippen LogP contribution in [0.4, 0.5) is 0 Å². The van der Waals surface area contributed by atoms with Crippen molar-refractivity contribution in [2.45, 2.75) is 46.1 Å². The zero-order valence-electron chi connectivity index (χ0n) is 11.5. The predicted octanol–water partition coefficient (Wildman–Crippen LogP) is 2.69. The quantitative estimate of drug-likeness (QED) is 0.892. The van der Waals surface area contributed by atoms with Gasteiger partial charge in [0.15, 0.2) is 0 Å². The van der Waals surface area contributed by atoms with Crippen molar-refractivity contribution < 1.29 is 5.11 Å². The lowest BCUT2D eigenvalue weighted by Gasteiger charge is -2.39. The van der Waals surface area contributed by atoms with E-state index in [1.165, 1.54) is 23.5 Å². The van der Waals surface area contributed by atoms with Crippen molar-refractivity contribution in [1.82, 2.24) is 9.88 Å². The molecule has 0 aromatic carbocycles. The van der Waals surface area contributed by atoms with Crippen LogP contribution in [0.2, 0.25) is 0 Å².